The molecule has 1 heterocycles. The first-order valence-corrected chi connectivity index (χ1v) is 7.98. The second kappa shape index (κ2) is 9.26. The molecule has 0 bridgehead atoms. The molecular weight excluding hydrogens is 290 g/mol. The molecule has 1 aliphatic heterocycles. The molecule has 0 spiro atoms. The average Bonchev–Trinajstić information content (AvgIpc) is 2.49. The second-order valence-corrected chi connectivity index (χ2v) is 6.12. The van der Waals surface area contributed by atoms with E-state index >= 15 is 0 Å². The van der Waals surface area contributed by atoms with E-state index in [1.807, 2.05) is 0 Å². The van der Waals surface area contributed by atoms with Crippen LogP contribution in [0.4, 0.5) is 0 Å². The Labute approximate surface area is 133 Å². The van der Waals surface area contributed by atoms with Crippen molar-refractivity contribution >= 4 is 24.2 Å². The Kier molecular flexibility index (Phi) is 8.04. The molecule has 1 aliphatic carbocycles. The van der Waals surface area contributed by atoms with Crippen LogP contribution in [0, 0.1) is 5.92 Å². The molecule has 122 valence electrons. The lowest BCUT2D eigenvalue weighted by Gasteiger charge is -2.26. The highest BCUT2D eigenvalue weighted by molar-refractivity contribution is 5.88. The van der Waals surface area contributed by atoms with Crippen molar-refractivity contribution in [3.8, 4) is 0 Å². The second-order valence-electron chi connectivity index (χ2n) is 6.12. The summed E-state index contributed by atoms with van der Waals surface area (Å²) < 4.78 is 0. The molecule has 0 aromatic carbocycles. The minimum atomic E-state index is -0.439. The summed E-state index contributed by atoms with van der Waals surface area (Å²) in [4.78, 5) is 24.2. The van der Waals surface area contributed by atoms with Crippen molar-refractivity contribution in [3.05, 3.63) is 0 Å². The van der Waals surface area contributed by atoms with Crippen LogP contribution in [0.2, 0.25) is 0 Å². The number of halogens is 1. The number of rotatable bonds is 4. The maximum Gasteiger partial charge on any atom is 0.242 e. The van der Waals surface area contributed by atoms with Gasteiger partial charge in [-0.25, -0.2) is 0 Å². The third-order valence-corrected chi connectivity index (χ3v) is 4.37. The van der Waals surface area contributed by atoms with Crippen molar-refractivity contribution in [1.82, 2.24) is 16.0 Å². The maximum atomic E-state index is 12.1. The van der Waals surface area contributed by atoms with Gasteiger partial charge in [0.1, 0.15) is 6.04 Å². The van der Waals surface area contributed by atoms with Crippen molar-refractivity contribution in [2.45, 2.75) is 64.0 Å². The number of hydrogen-bond donors (Lipinski definition) is 3. The lowest BCUT2D eigenvalue weighted by molar-refractivity contribution is -0.131. The topological polar surface area (TPSA) is 70.2 Å². The lowest BCUT2D eigenvalue weighted by Crippen LogP contribution is -2.52. The lowest BCUT2D eigenvalue weighted by atomic mass is 9.88. The standard InChI is InChI=1S/C15H27N3O2.ClH/c1-11(14(19)18-13-8-5-9-16-10-13)17-15(20)12-6-3-2-4-7-12;/h11-13,16H,2-10H2,1H3,(H,17,20)(H,18,19);1H/t11-,13-;/m0./s1. The Bertz CT molecular complexity index is 340. The van der Waals surface area contributed by atoms with Gasteiger partial charge >= 0.3 is 0 Å². The SMILES string of the molecule is C[C@H](NC(=O)C1CCCCC1)C(=O)N[C@H]1CCCNC1.Cl. The van der Waals surface area contributed by atoms with Gasteiger partial charge < -0.3 is 16.0 Å². The molecule has 2 aliphatic rings. The molecule has 2 atom stereocenters. The van der Waals surface area contributed by atoms with Gasteiger partial charge in [0.2, 0.25) is 11.8 Å². The molecule has 3 N–H and O–H groups in total. The molecule has 1 saturated heterocycles. The summed E-state index contributed by atoms with van der Waals surface area (Å²) in [5.41, 5.74) is 0. The van der Waals surface area contributed by atoms with Gasteiger partial charge in [-0.3, -0.25) is 9.59 Å². The zero-order valence-electron chi connectivity index (χ0n) is 12.8. The van der Waals surface area contributed by atoms with Crippen LogP contribution in [-0.4, -0.2) is 37.0 Å². The molecule has 2 fully saturated rings. The summed E-state index contributed by atoms with van der Waals surface area (Å²) in [7, 11) is 0. The molecule has 21 heavy (non-hydrogen) atoms. The molecule has 1 saturated carbocycles. The minimum absolute atomic E-state index is 0. The van der Waals surface area contributed by atoms with E-state index in [-0.39, 0.29) is 36.2 Å². The molecule has 0 radical (unpaired) electrons. The number of hydrogen-bond acceptors (Lipinski definition) is 3. The van der Waals surface area contributed by atoms with E-state index in [2.05, 4.69) is 16.0 Å². The Balaban J connectivity index is 0.00000220. The van der Waals surface area contributed by atoms with Crippen LogP contribution in [0.15, 0.2) is 0 Å². The van der Waals surface area contributed by atoms with Gasteiger partial charge in [0.15, 0.2) is 0 Å². The molecule has 6 heteroatoms. The van der Waals surface area contributed by atoms with Crippen LogP contribution >= 0.6 is 12.4 Å². The average molecular weight is 318 g/mol. The monoisotopic (exact) mass is 317 g/mol. The largest absolute Gasteiger partial charge is 0.350 e. The maximum absolute atomic E-state index is 12.1. The van der Waals surface area contributed by atoms with E-state index in [9.17, 15) is 9.59 Å². The van der Waals surface area contributed by atoms with Gasteiger partial charge in [0, 0.05) is 18.5 Å². The van der Waals surface area contributed by atoms with E-state index in [1.54, 1.807) is 6.92 Å². The summed E-state index contributed by atoms with van der Waals surface area (Å²) in [6.07, 6.45) is 7.53. The molecule has 5 nitrogen and oxygen atoms in total. The fraction of sp³-hybridized carbons (Fsp3) is 0.867. The quantitative estimate of drug-likeness (QED) is 0.733. The van der Waals surface area contributed by atoms with Crippen molar-refractivity contribution < 1.29 is 9.59 Å². The summed E-state index contributed by atoms with van der Waals surface area (Å²) >= 11 is 0. The Morgan fingerprint density at radius 2 is 1.81 bits per heavy atom. The van der Waals surface area contributed by atoms with E-state index in [0.717, 1.165) is 51.6 Å². The fourth-order valence-corrected chi connectivity index (χ4v) is 3.06. The van der Waals surface area contributed by atoms with Gasteiger partial charge in [-0.2, -0.15) is 0 Å². The molecular formula is C15H28ClN3O2. The van der Waals surface area contributed by atoms with Gasteiger partial charge in [-0.15, -0.1) is 12.4 Å². The Hall–Kier alpha value is -0.810. The van der Waals surface area contributed by atoms with Crippen LogP contribution in [-0.2, 0) is 9.59 Å². The molecule has 0 aromatic rings. The zero-order chi connectivity index (χ0) is 14.4. The van der Waals surface area contributed by atoms with E-state index in [1.165, 1.54) is 6.42 Å². The molecule has 2 amide bonds. The van der Waals surface area contributed by atoms with Gasteiger partial charge in [-0.1, -0.05) is 19.3 Å². The first kappa shape index (κ1) is 18.2. The summed E-state index contributed by atoms with van der Waals surface area (Å²) in [6, 6.07) is -0.239. The van der Waals surface area contributed by atoms with Gasteiger partial charge in [0.25, 0.3) is 0 Å². The summed E-state index contributed by atoms with van der Waals surface area (Å²) in [6.45, 7) is 3.63. The van der Waals surface area contributed by atoms with Crippen LogP contribution in [0.5, 0.6) is 0 Å². The molecule has 0 aromatic heterocycles. The summed E-state index contributed by atoms with van der Waals surface area (Å²) in [5.74, 6) is 0.0901. The van der Waals surface area contributed by atoms with Crippen molar-refractivity contribution in [3.63, 3.8) is 0 Å². The number of amides is 2. The smallest absolute Gasteiger partial charge is 0.242 e. The van der Waals surface area contributed by atoms with Crippen molar-refractivity contribution in [2.75, 3.05) is 13.1 Å². The van der Waals surface area contributed by atoms with Gasteiger partial charge in [0.05, 0.1) is 0 Å². The van der Waals surface area contributed by atoms with Gasteiger partial charge in [-0.05, 0) is 39.2 Å². The minimum Gasteiger partial charge on any atom is -0.350 e. The highest BCUT2D eigenvalue weighted by Crippen LogP contribution is 2.23. The third kappa shape index (κ3) is 5.83. The number of carbonyl (C=O) groups excluding carboxylic acids is 2. The van der Waals surface area contributed by atoms with E-state index in [4.69, 9.17) is 0 Å². The normalized spacial score (nSPS) is 24.5. The van der Waals surface area contributed by atoms with Crippen LogP contribution in [0.25, 0.3) is 0 Å². The number of carbonyl (C=O) groups is 2. The Morgan fingerprint density at radius 1 is 1.10 bits per heavy atom. The van der Waals surface area contributed by atoms with Crippen LogP contribution in [0.1, 0.15) is 51.9 Å². The molecule has 2 rings (SSSR count). The first-order chi connectivity index (χ1) is 9.66. The highest BCUT2D eigenvalue weighted by Gasteiger charge is 2.25. The van der Waals surface area contributed by atoms with E-state index < -0.39 is 6.04 Å². The number of piperidine rings is 1. The van der Waals surface area contributed by atoms with Crippen LogP contribution in [0.3, 0.4) is 0 Å². The summed E-state index contributed by atoms with van der Waals surface area (Å²) in [5, 5.41) is 9.15. The number of nitrogens with one attached hydrogen (secondary N) is 3. The predicted molar refractivity (Wildman–Crippen MR) is 85.5 cm³/mol. The first-order valence-electron chi connectivity index (χ1n) is 7.98. The molecule has 0 unspecified atom stereocenters. The third-order valence-electron chi connectivity index (χ3n) is 4.37. The van der Waals surface area contributed by atoms with Crippen molar-refractivity contribution in [1.29, 1.82) is 0 Å². The van der Waals surface area contributed by atoms with Crippen molar-refractivity contribution in [2.24, 2.45) is 5.92 Å². The zero-order valence-corrected chi connectivity index (χ0v) is 13.6. The van der Waals surface area contributed by atoms with E-state index in [0.29, 0.717) is 0 Å². The predicted octanol–water partition coefficient (Wildman–Crippen LogP) is 1.36. The Morgan fingerprint density at radius 3 is 2.43 bits per heavy atom. The highest BCUT2D eigenvalue weighted by atomic mass is 35.5. The van der Waals surface area contributed by atoms with Crippen LogP contribution < -0.4 is 16.0 Å². The fourth-order valence-electron chi connectivity index (χ4n) is 3.06.